The number of carbonyl (C=O) groups is 2. The van der Waals surface area contributed by atoms with Gasteiger partial charge < -0.3 is 19.5 Å². The fourth-order valence-electron chi connectivity index (χ4n) is 3.98. The minimum atomic E-state index is -2.00. The highest BCUT2D eigenvalue weighted by Gasteiger charge is 2.51. The predicted octanol–water partition coefficient (Wildman–Crippen LogP) is 4.47. The number of hydrogen-bond donors (Lipinski definition) is 1. The summed E-state index contributed by atoms with van der Waals surface area (Å²) in [6, 6.07) is 19.6. The maximum absolute atomic E-state index is 13.5. The fourth-order valence-corrected chi connectivity index (χ4v) is 4.34. The molecule has 0 aromatic heterocycles. The van der Waals surface area contributed by atoms with E-state index in [1.807, 2.05) is 36.4 Å². The first-order chi connectivity index (χ1) is 15.4. The van der Waals surface area contributed by atoms with Crippen LogP contribution in [0.5, 0.6) is 11.5 Å². The van der Waals surface area contributed by atoms with Gasteiger partial charge in [-0.2, -0.15) is 0 Å². The second-order valence-corrected chi connectivity index (χ2v) is 8.48. The summed E-state index contributed by atoms with van der Waals surface area (Å²) >= 11 is 3.41. The number of benzene rings is 3. The van der Waals surface area contributed by atoms with E-state index in [9.17, 15) is 14.7 Å². The lowest BCUT2D eigenvalue weighted by molar-refractivity contribution is -0.136. The number of rotatable bonds is 7. The molecule has 1 amide bonds. The summed E-state index contributed by atoms with van der Waals surface area (Å²) in [4.78, 5) is 28.3. The van der Waals surface area contributed by atoms with Crippen LogP contribution in [0.1, 0.15) is 27.9 Å². The average Bonchev–Trinajstić information content (AvgIpc) is 3.00. The molecule has 0 spiro atoms. The Morgan fingerprint density at radius 1 is 1.03 bits per heavy atom. The van der Waals surface area contributed by atoms with Crippen LogP contribution in [0.3, 0.4) is 0 Å². The van der Waals surface area contributed by atoms with Crippen LogP contribution in [0.15, 0.2) is 71.2 Å². The van der Waals surface area contributed by atoms with Gasteiger partial charge in [0.05, 0.1) is 38.4 Å². The number of fused-ring (bicyclic) bond motifs is 1. The Kier molecular flexibility index (Phi) is 6.04. The molecular formula is C25H22BrNO5. The number of ketones is 1. The Bertz CT molecular complexity index is 1180. The van der Waals surface area contributed by atoms with E-state index < -0.39 is 23.7 Å². The highest BCUT2D eigenvalue weighted by atomic mass is 79.9. The third-order valence-corrected chi connectivity index (χ3v) is 6.09. The van der Waals surface area contributed by atoms with Crippen LogP contribution in [0.25, 0.3) is 0 Å². The van der Waals surface area contributed by atoms with Gasteiger partial charge in [0.25, 0.3) is 5.91 Å². The molecule has 0 unspecified atom stereocenters. The highest BCUT2D eigenvalue weighted by Crippen LogP contribution is 2.45. The van der Waals surface area contributed by atoms with E-state index >= 15 is 0 Å². The minimum Gasteiger partial charge on any atom is -0.497 e. The van der Waals surface area contributed by atoms with Gasteiger partial charge >= 0.3 is 0 Å². The molecule has 7 heteroatoms. The molecule has 32 heavy (non-hydrogen) atoms. The smallest absolute Gasteiger partial charge is 0.264 e. The molecular weight excluding hydrogens is 474 g/mol. The molecule has 1 N–H and O–H groups in total. The molecule has 6 nitrogen and oxygen atoms in total. The number of nitrogens with zero attached hydrogens (tertiary/aromatic N) is 1. The monoisotopic (exact) mass is 495 g/mol. The number of amides is 1. The van der Waals surface area contributed by atoms with Crippen molar-refractivity contribution < 1.29 is 24.2 Å². The number of halogens is 1. The lowest BCUT2D eigenvalue weighted by atomic mass is 9.88. The number of aliphatic hydroxyl groups is 1. The van der Waals surface area contributed by atoms with Crippen molar-refractivity contribution in [1.29, 1.82) is 0 Å². The van der Waals surface area contributed by atoms with Gasteiger partial charge in [0.2, 0.25) is 0 Å². The van der Waals surface area contributed by atoms with Gasteiger partial charge in [-0.15, -0.1) is 0 Å². The maximum Gasteiger partial charge on any atom is 0.264 e. The minimum absolute atomic E-state index is 0.242. The second-order valence-electron chi connectivity index (χ2n) is 7.56. The zero-order valence-electron chi connectivity index (χ0n) is 17.7. The van der Waals surface area contributed by atoms with E-state index in [-0.39, 0.29) is 12.1 Å². The van der Waals surface area contributed by atoms with Gasteiger partial charge in [-0.1, -0.05) is 46.3 Å². The predicted molar refractivity (Wildman–Crippen MR) is 124 cm³/mol. The molecule has 0 bridgehead atoms. The highest BCUT2D eigenvalue weighted by molar-refractivity contribution is 9.10. The van der Waals surface area contributed by atoms with Gasteiger partial charge in [0, 0.05) is 10.0 Å². The largest absolute Gasteiger partial charge is 0.497 e. The zero-order chi connectivity index (χ0) is 22.9. The summed E-state index contributed by atoms with van der Waals surface area (Å²) in [5.74, 6) is -0.137. The average molecular weight is 496 g/mol. The summed E-state index contributed by atoms with van der Waals surface area (Å²) < 4.78 is 11.2. The summed E-state index contributed by atoms with van der Waals surface area (Å²) in [5, 5.41) is 11.6. The third kappa shape index (κ3) is 3.89. The Hall–Kier alpha value is -3.16. The van der Waals surface area contributed by atoms with Gasteiger partial charge in [-0.25, -0.2) is 0 Å². The van der Waals surface area contributed by atoms with Crippen molar-refractivity contribution in [1.82, 2.24) is 0 Å². The van der Waals surface area contributed by atoms with Crippen molar-refractivity contribution >= 4 is 33.3 Å². The number of ether oxygens (including phenoxy) is 2. The third-order valence-electron chi connectivity index (χ3n) is 5.60. The number of anilines is 1. The molecule has 4 rings (SSSR count). The van der Waals surface area contributed by atoms with Gasteiger partial charge in [0.15, 0.2) is 11.4 Å². The molecule has 0 aliphatic carbocycles. The molecule has 1 heterocycles. The van der Waals surface area contributed by atoms with Crippen LogP contribution in [0, 0.1) is 0 Å². The quantitative estimate of drug-likeness (QED) is 0.489. The summed E-state index contributed by atoms with van der Waals surface area (Å²) in [6.45, 7) is 0.285. The van der Waals surface area contributed by atoms with Crippen LogP contribution in [0.4, 0.5) is 5.69 Å². The zero-order valence-corrected chi connectivity index (χ0v) is 19.3. The van der Waals surface area contributed by atoms with Crippen molar-refractivity contribution in [3.63, 3.8) is 0 Å². The Morgan fingerprint density at radius 3 is 2.47 bits per heavy atom. The maximum atomic E-state index is 13.5. The van der Waals surface area contributed by atoms with Crippen molar-refractivity contribution in [3.8, 4) is 11.5 Å². The molecule has 3 aromatic rings. The van der Waals surface area contributed by atoms with Gasteiger partial charge in [0.1, 0.15) is 11.5 Å². The summed E-state index contributed by atoms with van der Waals surface area (Å²) in [6.07, 6.45) is -0.426. The molecule has 3 aromatic carbocycles. The van der Waals surface area contributed by atoms with E-state index in [1.54, 1.807) is 30.3 Å². The lowest BCUT2D eigenvalue weighted by Crippen LogP contribution is -2.41. The first kappa shape index (κ1) is 22.0. The molecule has 0 saturated heterocycles. The Labute approximate surface area is 194 Å². The van der Waals surface area contributed by atoms with Crippen molar-refractivity contribution in [3.05, 3.63) is 87.9 Å². The fraction of sp³-hybridized carbons (Fsp3) is 0.200. The van der Waals surface area contributed by atoms with Crippen LogP contribution in [-0.2, 0) is 16.9 Å². The van der Waals surface area contributed by atoms with Gasteiger partial charge in [-0.05, 0) is 42.0 Å². The second kappa shape index (κ2) is 8.76. The molecule has 0 radical (unpaired) electrons. The SMILES string of the molecule is COc1ccc(OC)c(C(=O)C[C@]2(O)C(=O)N(Cc3ccccc3)c3ccc(Br)cc32)c1. The Morgan fingerprint density at radius 2 is 1.78 bits per heavy atom. The van der Waals surface area contributed by atoms with Crippen LogP contribution < -0.4 is 14.4 Å². The van der Waals surface area contributed by atoms with Crippen LogP contribution >= 0.6 is 15.9 Å². The van der Waals surface area contributed by atoms with E-state index in [0.717, 1.165) is 5.56 Å². The first-order valence-electron chi connectivity index (χ1n) is 10.0. The van der Waals surface area contributed by atoms with E-state index in [0.29, 0.717) is 27.2 Å². The Balaban J connectivity index is 1.73. The van der Waals surface area contributed by atoms with E-state index in [4.69, 9.17) is 9.47 Å². The van der Waals surface area contributed by atoms with Crippen molar-refractivity contribution in [2.24, 2.45) is 0 Å². The molecule has 0 fully saturated rings. The number of methoxy groups -OCH3 is 2. The number of Topliss-reactive ketones (excluding diaryl/α,β-unsaturated/α-hetero) is 1. The molecule has 164 valence electrons. The normalized spacial score (nSPS) is 17.2. The first-order valence-corrected chi connectivity index (χ1v) is 10.8. The van der Waals surface area contributed by atoms with Crippen molar-refractivity contribution in [2.45, 2.75) is 18.6 Å². The summed E-state index contributed by atoms with van der Waals surface area (Å²) in [7, 11) is 2.96. The van der Waals surface area contributed by atoms with Gasteiger partial charge in [-0.3, -0.25) is 9.59 Å². The van der Waals surface area contributed by atoms with Crippen LogP contribution in [-0.4, -0.2) is 31.0 Å². The molecule has 0 saturated carbocycles. The van der Waals surface area contributed by atoms with E-state index in [2.05, 4.69) is 15.9 Å². The summed E-state index contributed by atoms with van der Waals surface area (Å²) in [5.41, 5.74) is 0.128. The van der Waals surface area contributed by atoms with Crippen LogP contribution in [0.2, 0.25) is 0 Å². The molecule has 1 atom stereocenters. The van der Waals surface area contributed by atoms with Crippen molar-refractivity contribution in [2.75, 3.05) is 19.1 Å². The number of hydrogen-bond acceptors (Lipinski definition) is 5. The lowest BCUT2D eigenvalue weighted by Gasteiger charge is -2.23. The standard InChI is InChI=1S/C25H22BrNO5/c1-31-18-9-11-23(32-2)19(13-18)22(28)14-25(30)20-12-17(26)8-10-21(20)27(24(25)29)15-16-6-4-3-5-7-16/h3-13,30H,14-15H2,1-2H3/t25-/m1/s1. The molecule has 1 aliphatic heterocycles. The topological polar surface area (TPSA) is 76.1 Å². The number of carbonyl (C=O) groups excluding carboxylic acids is 2. The molecule has 1 aliphatic rings. The van der Waals surface area contributed by atoms with E-state index in [1.165, 1.54) is 19.1 Å².